The maximum atomic E-state index is 13.4. The Morgan fingerprint density at radius 3 is 1.72 bits per heavy atom. The minimum absolute atomic E-state index is 0.124. The molecule has 2 aromatic rings. The van der Waals surface area contributed by atoms with Crippen LogP contribution in [-0.4, -0.2) is 64.0 Å². The van der Waals surface area contributed by atoms with Crippen LogP contribution in [0.25, 0.3) is 0 Å². The lowest BCUT2D eigenvalue weighted by Crippen LogP contribution is -2.59. The van der Waals surface area contributed by atoms with Crippen molar-refractivity contribution in [2.24, 2.45) is 11.7 Å². The molecule has 0 aliphatic carbocycles. The molecule has 7 N–H and O–H groups in total. The molecule has 39 heavy (non-hydrogen) atoms. The Bertz CT molecular complexity index is 1130. The second kappa shape index (κ2) is 15.2. The Morgan fingerprint density at radius 1 is 0.718 bits per heavy atom. The van der Waals surface area contributed by atoms with E-state index >= 15 is 0 Å². The Morgan fingerprint density at radius 2 is 1.23 bits per heavy atom. The molecular weight excluding hydrogens is 504 g/mol. The van der Waals surface area contributed by atoms with Crippen molar-refractivity contribution < 1.29 is 34.2 Å². The van der Waals surface area contributed by atoms with Gasteiger partial charge in [-0.2, -0.15) is 0 Å². The molecule has 0 radical (unpaired) electrons. The summed E-state index contributed by atoms with van der Waals surface area (Å²) in [5.41, 5.74) is 7.74. The molecule has 210 valence electrons. The topological polar surface area (TPSA) is 188 Å². The zero-order chi connectivity index (χ0) is 28.9. The number of nitrogens with two attached hydrogens (primary N) is 1. The summed E-state index contributed by atoms with van der Waals surface area (Å²) in [6.45, 7) is 3.33. The molecule has 0 aromatic heterocycles. The number of carbonyl (C=O) groups is 5. The molecule has 11 nitrogen and oxygen atoms in total. The fourth-order valence-corrected chi connectivity index (χ4v) is 3.87. The van der Waals surface area contributed by atoms with Crippen molar-refractivity contribution in [3.8, 4) is 0 Å². The van der Waals surface area contributed by atoms with Crippen LogP contribution in [0.15, 0.2) is 60.7 Å². The third-order valence-corrected chi connectivity index (χ3v) is 6.06. The lowest BCUT2D eigenvalue weighted by atomic mass is 9.99. The Kier molecular flexibility index (Phi) is 12.1. The highest BCUT2D eigenvalue weighted by Gasteiger charge is 2.32. The van der Waals surface area contributed by atoms with E-state index in [1.165, 1.54) is 0 Å². The van der Waals surface area contributed by atoms with Crippen molar-refractivity contribution in [1.29, 1.82) is 0 Å². The van der Waals surface area contributed by atoms with E-state index in [0.29, 0.717) is 0 Å². The maximum Gasteiger partial charge on any atom is 0.326 e. The third-order valence-electron chi connectivity index (χ3n) is 6.06. The summed E-state index contributed by atoms with van der Waals surface area (Å²) in [6, 6.07) is 13.6. The van der Waals surface area contributed by atoms with Gasteiger partial charge in [-0.3, -0.25) is 19.2 Å². The van der Waals surface area contributed by atoms with Crippen LogP contribution in [0.5, 0.6) is 0 Å². The SMILES string of the molecule is CC(C)C(NC(=O)C(Cc1ccccc1)NC(=O)C(N)Cc1ccccc1)C(=O)NC(CCC(=O)O)C(=O)O. The Hall–Kier alpha value is -4.25. The van der Waals surface area contributed by atoms with E-state index in [0.717, 1.165) is 11.1 Å². The van der Waals surface area contributed by atoms with Crippen LogP contribution in [0.1, 0.15) is 37.8 Å². The van der Waals surface area contributed by atoms with Crippen molar-refractivity contribution in [3.63, 3.8) is 0 Å². The zero-order valence-electron chi connectivity index (χ0n) is 22.0. The molecule has 11 heteroatoms. The highest BCUT2D eigenvalue weighted by atomic mass is 16.4. The van der Waals surface area contributed by atoms with Crippen molar-refractivity contribution in [2.75, 3.05) is 0 Å². The molecule has 2 rings (SSSR count). The molecule has 0 bridgehead atoms. The standard InChI is InChI=1S/C28H36N4O7/c1-17(2)24(27(37)30-21(28(38)39)13-14-23(33)34)32-26(36)22(16-19-11-7-4-8-12-19)31-25(35)20(29)15-18-9-5-3-6-10-18/h3-12,17,20-22,24H,13-16,29H2,1-2H3,(H,30,37)(H,31,35)(H,32,36)(H,33,34)(H,38,39). The van der Waals surface area contributed by atoms with Gasteiger partial charge in [-0.25, -0.2) is 4.79 Å². The average Bonchev–Trinajstić information content (AvgIpc) is 2.89. The van der Waals surface area contributed by atoms with Crippen LogP contribution in [0.2, 0.25) is 0 Å². The molecule has 0 spiro atoms. The number of nitrogens with one attached hydrogen (secondary N) is 3. The number of carboxylic acid groups (broad SMARTS) is 2. The van der Waals surface area contributed by atoms with Gasteiger partial charge in [0.05, 0.1) is 6.04 Å². The maximum absolute atomic E-state index is 13.4. The van der Waals surface area contributed by atoms with E-state index in [1.54, 1.807) is 38.1 Å². The van der Waals surface area contributed by atoms with E-state index in [4.69, 9.17) is 10.8 Å². The summed E-state index contributed by atoms with van der Waals surface area (Å²) in [5.74, 6) is -5.00. The lowest BCUT2D eigenvalue weighted by molar-refractivity contribution is -0.143. The van der Waals surface area contributed by atoms with Gasteiger partial charge in [0, 0.05) is 12.8 Å². The fourth-order valence-electron chi connectivity index (χ4n) is 3.87. The van der Waals surface area contributed by atoms with Gasteiger partial charge in [0.1, 0.15) is 18.1 Å². The summed E-state index contributed by atoms with van der Waals surface area (Å²) in [7, 11) is 0. The number of carbonyl (C=O) groups excluding carboxylic acids is 3. The molecule has 0 aliphatic heterocycles. The van der Waals surface area contributed by atoms with Crippen molar-refractivity contribution in [1.82, 2.24) is 16.0 Å². The van der Waals surface area contributed by atoms with Gasteiger partial charge in [-0.15, -0.1) is 0 Å². The molecule has 2 aromatic carbocycles. The average molecular weight is 541 g/mol. The largest absolute Gasteiger partial charge is 0.481 e. The van der Waals surface area contributed by atoms with E-state index in [1.807, 2.05) is 36.4 Å². The van der Waals surface area contributed by atoms with Crippen LogP contribution < -0.4 is 21.7 Å². The van der Waals surface area contributed by atoms with E-state index in [2.05, 4.69) is 16.0 Å². The van der Waals surface area contributed by atoms with Crippen molar-refractivity contribution in [2.45, 2.75) is 63.7 Å². The van der Waals surface area contributed by atoms with Gasteiger partial charge in [0.25, 0.3) is 0 Å². The molecule has 4 atom stereocenters. The molecule has 0 saturated heterocycles. The predicted octanol–water partition coefficient (Wildman–Crippen LogP) is 0.859. The molecule has 0 fully saturated rings. The number of benzene rings is 2. The zero-order valence-corrected chi connectivity index (χ0v) is 22.0. The lowest BCUT2D eigenvalue weighted by Gasteiger charge is -2.27. The summed E-state index contributed by atoms with van der Waals surface area (Å²) < 4.78 is 0. The minimum Gasteiger partial charge on any atom is -0.481 e. The van der Waals surface area contributed by atoms with Crippen LogP contribution in [0.3, 0.4) is 0 Å². The number of amides is 3. The summed E-state index contributed by atoms with van der Waals surface area (Å²) in [6.07, 6.45) is -0.388. The quantitative estimate of drug-likeness (QED) is 0.192. The second-order valence-corrected chi connectivity index (χ2v) is 9.61. The van der Waals surface area contributed by atoms with Gasteiger partial charge < -0.3 is 31.9 Å². The molecule has 4 unspecified atom stereocenters. The van der Waals surface area contributed by atoms with Gasteiger partial charge >= 0.3 is 11.9 Å². The van der Waals surface area contributed by atoms with Gasteiger partial charge in [-0.1, -0.05) is 74.5 Å². The van der Waals surface area contributed by atoms with Gasteiger partial charge in [-0.05, 0) is 29.9 Å². The first kappa shape index (κ1) is 31.0. The van der Waals surface area contributed by atoms with Crippen molar-refractivity contribution in [3.05, 3.63) is 71.8 Å². The molecule has 0 heterocycles. The first-order valence-electron chi connectivity index (χ1n) is 12.7. The molecule has 0 aliphatic rings. The van der Waals surface area contributed by atoms with Crippen LogP contribution in [0.4, 0.5) is 0 Å². The highest BCUT2D eigenvalue weighted by molar-refractivity contribution is 5.94. The third kappa shape index (κ3) is 10.6. The van der Waals surface area contributed by atoms with Crippen LogP contribution in [-0.2, 0) is 36.8 Å². The first-order valence-corrected chi connectivity index (χ1v) is 12.7. The monoisotopic (exact) mass is 540 g/mol. The van der Waals surface area contributed by atoms with E-state index in [-0.39, 0.29) is 19.3 Å². The summed E-state index contributed by atoms with van der Waals surface area (Å²) in [5, 5.41) is 25.9. The van der Waals surface area contributed by atoms with Crippen molar-refractivity contribution >= 4 is 29.7 Å². The number of aliphatic carboxylic acids is 2. The molecule has 0 saturated carbocycles. The fraction of sp³-hybridized carbons (Fsp3) is 0.393. The minimum atomic E-state index is -1.44. The number of rotatable bonds is 15. The number of hydrogen-bond donors (Lipinski definition) is 6. The highest BCUT2D eigenvalue weighted by Crippen LogP contribution is 2.09. The second-order valence-electron chi connectivity index (χ2n) is 9.61. The van der Waals surface area contributed by atoms with Crippen LogP contribution in [0, 0.1) is 5.92 Å². The first-order chi connectivity index (χ1) is 18.5. The smallest absolute Gasteiger partial charge is 0.326 e. The van der Waals surface area contributed by atoms with E-state index in [9.17, 15) is 29.1 Å². The number of carboxylic acids is 2. The Labute approximate surface area is 227 Å². The summed E-state index contributed by atoms with van der Waals surface area (Å²) in [4.78, 5) is 61.7. The Balaban J connectivity index is 2.17. The molecule has 3 amide bonds. The van der Waals surface area contributed by atoms with Crippen LogP contribution >= 0.6 is 0 Å². The van der Waals surface area contributed by atoms with Gasteiger partial charge in [0.15, 0.2) is 0 Å². The predicted molar refractivity (Wildman–Crippen MR) is 143 cm³/mol. The molecular formula is C28H36N4O7. The summed E-state index contributed by atoms with van der Waals surface area (Å²) >= 11 is 0. The normalized spacial score (nSPS) is 13.9. The van der Waals surface area contributed by atoms with E-state index < -0.39 is 66.2 Å². The van der Waals surface area contributed by atoms with Gasteiger partial charge in [0.2, 0.25) is 17.7 Å². The number of hydrogen-bond acceptors (Lipinski definition) is 6.